The summed E-state index contributed by atoms with van der Waals surface area (Å²) in [6.45, 7) is 3.28. The Morgan fingerprint density at radius 1 is 1.39 bits per heavy atom. The van der Waals surface area contributed by atoms with E-state index in [2.05, 4.69) is 19.8 Å². The lowest BCUT2D eigenvalue weighted by molar-refractivity contribution is -0.190. The topological polar surface area (TPSA) is 124 Å². The number of aliphatic hydroxyl groups is 1. The first-order valence-electron chi connectivity index (χ1n) is 9.44. The lowest BCUT2D eigenvalue weighted by Gasteiger charge is -2.19. The van der Waals surface area contributed by atoms with Crippen molar-refractivity contribution in [3.05, 3.63) is 44.8 Å². The van der Waals surface area contributed by atoms with Crippen molar-refractivity contribution in [2.75, 3.05) is 5.32 Å². The molecule has 10 nitrogen and oxygen atoms in total. The zero-order chi connectivity index (χ0) is 24.5. The van der Waals surface area contributed by atoms with Crippen LogP contribution < -0.4 is 15.7 Å². The highest BCUT2D eigenvalue weighted by Crippen LogP contribution is 2.29. The molecule has 0 aliphatic rings. The molecular weight excluding hydrogens is 472 g/mol. The molecule has 178 valence electrons. The van der Waals surface area contributed by atoms with Gasteiger partial charge in [-0.15, -0.1) is 5.10 Å². The van der Waals surface area contributed by atoms with Crippen LogP contribution >= 0.6 is 11.5 Å². The van der Waals surface area contributed by atoms with Crippen LogP contribution in [0.1, 0.15) is 35.7 Å². The first-order chi connectivity index (χ1) is 15.5. The third-order valence-corrected chi connectivity index (χ3v) is 5.23. The zero-order valence-electron chi connectivity index (χ0n) is 17.5. The summed E-state index contributed by atoms with van der Waals surface area (Å²) in [6, 6.07) is 0.598. The van der Waals surface area contributed by atoms with Gasteiger partial charge in [0.2, 0.25) is 5.88 Å². The Morgan fingerprint density at radius 2 is 2.09 bits per heavy atom. The molecule has 3 aromatic heterocycles. The first kappa shape index (κ1) is 24.3. The second kappa shape index (κ2) is 9.27. The zero-order valence-corrected chi connectivity index (χ0v) is 18.3. The van der Waals surface area contributed by atoms with Crippen molar-refractivity contribution in [1.82, 2.24) is 23.7 Å². The molecule has 0 unspecified atom stereocenters. The number of halogens is 4. The number of rotatable bonds is 7. The third-order valence-electron chi connectivity index (χ3n) is 4.51. The van der Waals surface area contributed by atoms with Crippen LogP contribution in [-0.2, 0) is 13.2 Å². The number of anilines is 1. The van der Waals surface area contributed by atoms with Crippen LogP contribution in [0.5, 0.6) is 5.88 Å². The second-order valence-electron chi connectivity index (χ2n) is 6.73. The minimum atomic E-state index is -4.82. The summed E-state index contributed by atoms with van der Waals surface area (Å²) in [7, 11) is 0. The van der Waals surface area contributed by atoms with Gasteiger partial charge in [0, 0.05) is 11.9 Å². The number of ether oxygens (including phenoxy) is 1. The van der Waals surface area contributed by atoms with E-state index in [1.165, 1.54) is 5.38 Å². The lowest BCUT2D eigenvalue weighted by atomic mass is 10.2. The molecule has 0 aromatic carbocycles. The van der Waals surface area contributed by atoms with Crippen molar-refractivity contribution in [2.24, 2.45) is 0 Å². The molecule has 1 atom stereocenters. The molecule has 2 N–H and O–H groups in total. The Hall–Kier alpha value is -3.33. The molecule has 3 heterocycles. The highest BCUT2D eigenvalue weighted by atomic mass is 32.1. The van der Waals surface area contributed by atoms with Gasteiger partial charge in [-0.2, -0.15) is 27.2 Å². The number of carbonyl (C=O) groups is 1. The normalized spacial score (nSPS) is 12.6. The molecule has 0 saturated heterocycles. The number of hydrogen-bond donors (Lipinski definition) is 2. The molecule has 0 aliphatic carbocycles. The summed E-state index contributed by atoms with van der Waals surface area (Å²) in [6.07, 6.45) is -7.22. The fourth-order valence-corrected chi connectivity index (χ4v) is 3.35. The van der Waals surface area contributed by atoms with Crippen LogP contribution in [0.25, 0.3) is 5.82 Å². The van der Waals surface area contributed by atoms with Crippen molar-refractivity contribution in [3.8, 4) is 11.7 Å². The van der Waals surface area contributed by atoms with Gasteiger partial charge in [-0.1, -0.05) is 0 Å². The molecule has 0 spiro atoms. The van der Waals surface area contributed by atoms with E-state index in [4.69, 9.17) is 4.74 Å². The predicted molar refractivity (Wildman–Crippen MR) is 108 cm³/mol. The number of aryl methyl sites for hydroxylation is 1. The predicted octanol–water partition coefficient (Wildman–Crippen LogP) is 2.43. The smallest absolute Gasteiger partial charge is 0.425 e. The summed E-state index contributed by atoms with van der Waals surface area (Å²) >= 11 is 1.03. The number of hydrogen-bond acceptors (Lipinski definition) is 8. The van der Waals surface area contributed by atoms with E-state index in [9.17, 15) is 32.3 Å². The van der Waals surface area contributed by atoms with E-state index in [0.717, 1.165) is 16.1 Å². The molecule has 0 saturated carbocycles. The molecule has 33 heavy (non-hydrogen) atoms. The monoisotopic (exact) mass is 490 g/mol. The number of pyridine rings is 1. The molecule has 0 fully saturated rings. The molecule has 0 aliphatic heterocycles. The molecule has 3 aromatic rings. The first-order valence-corrected chi connectivity index (χ1v) is 10.3. The van der Waals surface area contributed by atoms with E-state index in [-0.39, 0.29) is 18.1 Å². The molecular formula is C18H18F4N6O4S. The van der Waals surface area contributed by atoms with Crippen molar-refractivity contribution in [2.45, 2.75) is 46.2 Å². The summed E-state index contributed by atoms with van der Waals surface area (Å²) in [5, 5.41) is 17.0. The van der Waals surface area contributed by atoms with Gasteiger partial charge in [0.05, 0.1) is 11.4 Å². The van der Waals surface area contributed by atoms with Gasteiger partial charge in [-0.3, -0.25) is 9.36 Å². The fraction of sp³-hybridized carbons (Fsp3) is 0.389. The van der Waals surface area contributed by atoms with Gasteiger partial charge in [0.15, 0.2) is 23.6 Å². The van der Waals surface area contributed by atoms with Crippen LogP contribution in [0.2, 0.25) is 0 Å². The van der Waals surface area contributed by atoms with E-state index in [0.29, 0.717) is 23.4 Å². The van der Waals surface area contributed by atoms with E-state index in [1.54, 1.807) is 13.8 Å². The Balaban J connectivity index is 2.14. The standard InChI is InChI=1S/C18H18F4N6O4S/c1-4-27-13(6-29)25-28(17(27)31)14-11(19)5-10(15(30)23-12-7-33-26-8(12)2)16(24-14)32-9(3)18(20,21)22/h5,7,9,29H,4,6H2,1-3H3,(H,23,30)/t9-/m0/s1. The number of alkyl halides is 3. The molecule has 3 rings (SSSR count). The summed E-state index contributed by atoms with van der Waals surface area (Å²) < 4.78 is 64.6. The third kappa shape index (κ3) is 4.88. The van der Waals surface area contributed by atoms with Crippen LogP contribution in [-0.4, -0.2) is 47.0 Å². The highest BCUT2D eigenvalue weighted by Gasteiger charge is 2.39. The van der Waals surface area contributed by atoms with Gasteiger partial charge in [0.25, 0.3) is 5.91 Å². The van der Waals surface area contributed by atoms with Crippen molar-refractivity contribution < 1.29 is 32.2 Å². The average Bonchev–Trinajstić information content (AvgIpc) is 3.30. The minimum absolute atomic E-state index is 0.0827. The van der Waals surface area contributed by atoms with Crippen molar-refractivity contribution in [3.63, 3.8) is 0 Å². The summed E-state index contributed by atoms with van der Waals surface area (Å²) in [5.74, 6) is -3.99. The van der Waals surface area contributed by atoms with Gasteiger partial charge in [-0.05, 0) is 38.4 Å². The maximum absolute atomic E-state index is 14.9. The number of nitrogens with one attached hydrogen (secondary N) is 1. The molecule has 1 amide bonds. The quantitative estimate of drug-likeness (QED) is 0.488. The van der Waals surface area contributed by atoms with Gasteiger partial charge in [0.1, 0.15) is 12.2 Å². The number of aromatic nitrogens is 5. The van der Waals surface area contributed by atoms with Crippen molar-refractivity contribution in [1.29, 1.82) is 0 Å². The van der Waals surface area contributed by atoms with E-state index >= 15 is 0 Å². The number of aliphatic hydroxyl groups excluding tert-OH is 1. The highest BCUT2D eigenvalue weighted by molar-refractivity contribution is 7.04. The lowest BCUT2D eigenvalue weighted by Crippen LogP contribution is -2.33. The van der Waals surface area contributed by atoms with Gasteiger partial charge < -0.3 is 15.2 Å². The Bertz CT molecular complexity index is 1240. The van der Waals surface area contributed by atoms with Crippen LogP contribution in [0.4, 0.5) is 23.2 Å². The minimum Gasteiger partial charge on any atom is -0.464 e. The molecule has 0 bridgehead atoms. The number of carbonyl (C=O) groups excluding carboxylic acids is 1. The van der Waals surface area contributed by atoms with Crippen LogP contribution in [0.3, 0.4) is 0 Å². The maximum atomic E-state index is 14.9. The molecule has 0 radical (unpaired) electrons. The number of nitrogens with zero attached hydrogens (tertiary/aromatic N) is 5. The Morgan fingerprint density at radius 3 is 2.61 bits per heavy atom. The van der Waals surface area contributed by atoms with E-state index in [1.807, 2.05) is 0 Å². The van der Waals surface area contributed by atoms with Crippen molar-refractivity contribution >= 4 is 23.1 Å². The van der Waals surface area contributed by atoms with Gasteiger partial charge >= 0.3 is 11.9 Å². The largest absolute Gasteiger partial charge is 0.464 e. The number of amides is 1. The Kier molecular flexibility index (Phi) is 6.83. The summed E-state index contributed by atoms with van der Waals surface area (Å²) in [5.41, 5.74) is -0.809. The van der Waals surface area contributed by atoms with Gasteiger partial charge in [-0.25, -0.2) is 9.18 Å². The molecule has 15 heteroatoms. The average molecular weight is 490 g/mol. The van der Waals surface area contributed by atoms with Crippen LogP contribution in [0.15, 0.2) is 16.2 Å². The second-order valence-corrected chi connectivity index (χ2v) is 7.36. The summed E-state index contributed by atoms with van der Waals surface area (Å²) in [4.78, 5) is 28.9. The fourth-order valence-electron chi connectivity index (χ4n) is 2.71. The maximum Gasteiger partial charge on any atom is 0.425 e. The Labute approximate surface area is 187 Å². The van der Waals surface area contributed by atoms with Crippen LogP contribution in [0, 0.1) is 12.7 Å². The SMILES string of the molecule is CCn1c(CO)nn(-c2nc(O[C@@H](C)C(F)(F)F)c(C(=O)Nc3csnc3C)cc2F)c1=O. The van der Waals surface area contributed by atoms with E-state index < -0.39 is 53.6 Å².